The highest BCUT2D eigenvalue weighted by Gasteiger charge is 2.21. The van der Waals surface area contributed by atoms with E-state index in [2.05, 4.69) is 0 Å². The molecule has 1 aromatic carbocycles. The van der Waals surface area contributed by atoms with Crippen LogP contribution in [0.4, 0.5) is 0 Å². The lowest BCUT2D eigenvalue weighted by molar-refractivity contribution is -0.137. The van der Waals surface area contributed by atoms with Crippen LogP contribution >= 0.6 is 0 Å². The number of esters is 1. The summed E-state index contributed by atoms with van der Waals surface area (Å²) in [4.78, 5) is 44.4. The molecule has 0 aliphatic heterocycles. The van der Waals surface area contributed by atoms with Crippen LogP contribution in [-0.4, -0.2) is 33.9 Å². The molecule has 20 heavy (non-hydrogen) atoms. The number of ketones is 1. The van der Waals surface area contributed by atoms with Gasteiger partial charge in [0.25, 0.3) is 0 Å². The van der Waals surface area contributed by atoms with Gasteiger partial charge in [0, 0.05) is 13.3 Å². The molecule has 0 aliphatic carbocycles. The molecule has 0 spiro atoms. The van der Waals surface area contributed by atoms with Crippen molar-refractivity contribution in [1.82, 2.24) is 0 Å². The highest BCUT2D eigenvalue weighted by Crippen LogP contribution is 2.26. The minimum atomic E-state index is -1.35. The van der Waals surface area contributed by atoms with E-state index in [-0.39, 0.29) is 23.3 Å². The van der Waals surface area contributed by atoms with Crippen molar-refractivity contribution in [3.63, 3.8) is 0 Å². The van der Waals surface area contributed by atoms with Crippen LogP contribution in [0.1, 0.15) is 40.5 Å². The van der Waals surface area contributed by atoms with Crippen LogP contribution in [0.2, 0.25) is 0 Å². The van der Waals surface area contributed by atoms with Crippen molar-refractivity contribution in [1.29, 1.82) is 0 Å². The molecule has 7 heteroatoms. The zero-order valence-electron chi connectivity index (χ0n) is 10.6. The topological polar surface area (TPSA) is 118 Å². The van der Waals surface area contributed by atoms with Gasteiger partial charge in [0.15, 0.2) is 11.5 Å². The number of hydrogen-bond donors (Lipinski definition) is 2. The fourth-order valence-corrected chi connectivity index (χ4v) is 1.53. The Morgan fingerprint density at radius 2 is 1.65 bits per heavy atom. The van der Waals surface area contributed by atoms with Crippen LogP contribution in [0.15, 0.2) is 18.2 Å². The van der Waals surface area contributed by atoms with Gasteiger partial charge in [0.05, 0.1) is 12.0 Å². The maximum atomic E-state index is 11.9. The third kappa shape index (κ3) is 3.91. The monoisotopic (exact) mass is 280 g/mol. The van der Waals surface area contributed by atoms with Crippen LogP contribution < -0.4 is 4.74 Å². The molecule has 0 amide bonds. The number of carboxylic acids is 2. The average Bonchev–Trinajstić information content (AvgIpc) is 2.35. The minimum Gasteiger partial charge on any atom is -0.481 e. The van der Waals surface area contributed by atoms with Gasteiger partial charge in [-0.2, -0.15) is 0 Å². The predicted octanol–water partition coefficient (Wildman–Crippen LogP) is 1.36. The second kappa shape index (κ2) is 6.46. The fourth-order valence-electron chi connectivity index (χ4n) is 1.53. The molecule has 0 unspecified atom stereocenters. The maximum absolute atomic E-state index is 11.9. The molecule has 0 bridgehead atoms. The lowest BCUT2D eigenvalue weighted by Crippen LogP contribution is -2.13. The summed E-state index contributed by atoms with van der Waals surface area (Å²) < 4.78 is 4.78. The van der Waals surface area contributed by atoms with Crippen molar-refractivity contribution in [2.24, 2.45) is 0 Å². The molecular formula is C13H12O7. The third-order valence-electron chi connectivity index (χ3n) is 2.36. The number of Topliss-reactive ketones (excluding diaryl/α,β-unsaturated/α-hetero) is 1. The van der Waals surface area contributed by atoms with Crippen LogP contribution in [0.5, 0.6) is 5.75 Å². The Morgan fingerprint density at radius 1 is 1.05 bits per heavy atom. The number of benzene rings is 1. The van der Waals surface area contributed by atoms with Gasteiger partial charge in [-0.05, 0) is 12.1 Å². The number of carbonyl (C=O) groups excluding carboxylic acids is 2. The summed E-state index contributed by atoms with van der Waals surface area (Å²) in [7, 11) is 0. The number of rotatable bonds is 6. The number of aliphatic carboxylic acids is 1. The van der Waals surface area contributed by atoms with Gasteiger partial charge in [-0.1, -0.05) is 6.07 Å². The Hall–Kier alpha value is -2.70. The molecule has 7 nitrogen and oxygen atoms in total. The van der Waals surface area contributed by atoms with Crippen LogP contribution in [0.3, 0.4) is 0 Å². The lowest BCUT2D eigenvalue weighted by Gasteiger charge is -2.10. The van der Waals surface area contributed by atoms with E-state index in [0.717, 1.165) is 6.92 Å². The van der Waals surface area contributed by atoms with E-state index >= 15 is 0 Å². The molecule has 2 N–H and O–H groups in total. The number of hydrogen-bond acceptors (Lipinski definition) is 5. The smallest absolute Gasteiger partial charge is 0.339 e. The number of aromatic carboxylic acids is 1. The number of carboxylic acid groups (broad SMARTS) is 2. The average molecular weight is 280 g/mol. The molecule has 0 aliphatic rings. The Morgan fingerprint density at radius 3 is 2.15 bits per heavy atom. The summed E-state index contributed by atoms with van der Waals surface area (Å²) in [5.74, 6) is -4.24. The molecule has 0 saturated heterocycles. The molecule has 106 valence electrons. The summed E-state index contributed by atoms with van der Waals surface area (Å²) in [5, 5.41) is 17.5. The Labute approximate surface area is 113 Å². The Balaban J connectivity index is 3.20. The van der Waals surface area contributed by atoms with Crippen molar-refractivity contribution in [2.75, 3.05) is 0 Å². The molecule has 1 aromatic rings. The van der Waals surface area contributed by atoms with E-state index in [0.29, 0.717) is 0 Å². The van der Waals surface area contributed by atoms with Gasteiger partial charge in [0.2, 0.25) is 0 Å². The summed E-state index contributed by atoms with van der Waals surface area (Å²) >= 11 is 0. The van der Waals surface area contributed by atoms with E-state index < -0.39 is 30.1 Å². The van der Waals surface area contributed by atoms with Gasteiger partial charge in [-0.3, -0.25) is 14.4 Å². The minimum absolute atomic E-state index is 0.124. The first-order valence-corrected chi connectivity index (χ1v) is 5.62. The quantitative estimate of drug-likeness (QED) is 0.458. The first-order chi connectivity index (χ1) is 9.32. The summed E-state index contributed by atoms with van der Waals surface area (Å²) in [6.45, 7) is 1.07. The Bertz CT molecular complexity index is 574. The van der Waals surface area contributed by atoms with E-state index in [4.69, 9.17) is 14.9 Å². The van der Waals surface area contributed by atoms with Crippen LogP contribution in [-0.2, 0) is 9.59 Å². The van der Waals surface area contributed by atoms with E-state index in [1.54, 1.807) is 0 Å². The maximum Gasteiger partial charge on any atom is 0.339 e. The molecule has 0 saturated carbocycles. The molecule has 1 rings (SSSR count). The molecule has 0 radical (unpaired) electrons. The number of carbonyl (C=O) groups is 4. The molecule has 0 heterocycles. The van der Waals surface area contributed by atoms with Crippen molar-refractivity contribution in [3.05, 3.63) is 29.3 Å². The van der Waals surface area contributed by atoms with Crippen molar-refractivity contribution < 1.29 is 34.1 Å². The van der Waals surface area contributed by atoms with E-state index in [9.17, 15) is 19.2 Å². The SMILES string of the molecule is CC(=O)Oc1c(C(=O)O)cccc1C(=O)CCC(=O)O. The van der Waals surface area contributed by atoms with Gasteiger partial charge in [-0.25, -0.2) is 4.79 Å². The summed E-state index contributed by atoms with van der Waals surface area (Å²) in [6.07, 6.45) is -0.706. The summed E-state index contributed by atoms with van der Waals surface area (Å²) in [6, 6.07) is 3.80. The molecule has 0 aromatic heterocycles. The van der Waals surface area contributed by atoms with Crippen molar-refractivity contribution in [3.8, 4) is 5.75 Å². The highest BCUT2D eigenvalue weighted by molar-refractivity contribution is 6.04. The zero-order valence-corrected chi connectivity index (χ0v) is 10.6. The lowest BCUT2D eigenvalue weighted by atomic mass is 10.0. The first-order valence-electron chi connectivity index (χ1n) is 5.62. The number of para-hydroxylation sites is 1. The predicted molar refractivity (Wildman–Crippen MR) is 65.9 cm³/mol. The second-order valence-corrected chi connectivity index (χ2v) is 3.90. The van der Waals surface area contributed by atoms with Crippen molar-refractivity contribution in [2.45, 2.75) is 19.8 Å². The van der Waals surface area contributed by atoms with Crippen LogP contribution in [0.25, 0.3) is 0 Å². The van der Waals surface area contributed by atoms with Gasteiger partial charge >= 0.3 is 17.9 Å². The number of ether oxygens (including phenoxy) is 1. The largest absolute Gasteiger partial charge is 0.481 e. The summed E-state index contributed by atoms with van der Waals surface area (Å²) in [5.41, 5.74) is -0.456. The van der Waals surface area contributed by atoms with E-state index in [1.165, 1.54) is 18.2 Å². The highest BCUT2D eigenvalue weighted by atomic mass is 16.5. The molecular weight excluding hydrogens is 268 g/mol. The second-order valence-electron chi connectivity index (χ2n) is 3.90. The first kappa shape index (κ1) is 15.4. The standard InChI is InChI=1S/C13H12O7/c1-7(14)20-12-8(10(15)5-6-11(16)17)3-2-4-9(12)13(18)19/h2-4H,5-6H2,1H3,(H,16,17)(H,18,19). The third-order valence-corrected chi connectivity index (χ3v) is 2.36. The van der Waals surface area contributed by atoms with Gasteiger partial charge in [0.1, 0.15) is 5.56 Å². The normalized spacial score (nSPS) is 9.85. The Kier molecular flexibility index (Phi) is 4.96. The zero-order chi connectivity index (χ0) is 15.3. The van der Waals surface area contributed by atoms with E-state index in [1.807, 2.05) is 0 Å². The van der Waals surface area contributed by atoms with Gasteiger partial charge < -0.3 is 14.9 Å². The molecule has 0 atom stereocenters. The van der Waals surface area contributed by atoms with Gasteiger partial charge in [-0.15, -0.1) is 0 Å². The van der Waals surface area contributed by atoms with Crippen LogP contribution in [0, 0.1) is 0 Å². The fraction of sp³-hybridized carbons (Fsp3) is 0.231. The molecule has 0 fully saturated rings. The van der Waals surface area contributed by atoms with Crippen molar-refractivity contribution >= 4 is 23.7 Å².